The molecule has 0 saturated carbocycles. The molecule has 0 bridgehead atoms. The van der Waals surface area contributed by atoms with Crippen LogP contribution in [-0.4, -0.2) is 58.9 Å². The lowest BCUT2D eigenvalue weighted by Crippen LogP contribution is -2.35. The summed E-state index contributed by atoms with van der Waals surface area (Å²) in [6.07, 6.45) is 12.3. The van der Waals surface area contributed by atoms with Crippen LogP contribution in [0.25, 0.3) is 16.2 Å². The Morgan fingerprint density at radius 1 is 1.11 bits per heavy atom. The molecule has 1 aliphatic heterocycles. The van der Waals surface area contributed by atoms with E-state index in [0.29, 0.717) is 22.6 Å². The fraction of sp³-hybridized carbons (Fsp3) is 0.440. The number of anilines is 1. The molecular weight excluding hydrogens is 496 g/mol. The molecule has 3 aromatic heterocycles. The first kappa shape index (κ1) is 24.6. The van der Waals surface area contributed by atoms with Gasteiger partial charge in [0, 0.05) is 37.3 Å². The third-order valence-corrected chi connectivity index (χ3v) is 8.45. The van der Waals surface area contributed by atoms with Crippen molar-refractivity contribution >= 4 is 32.1 Å². The van der Waals surface area contributed by atoms with Crippen LogP contribution in [0.3, 0.4) is 0 Å². The van der Waals surface area contributed by atoms with Gasteiger partial charge in [0.05, 0.1) is 23.4 Å². The first-order chi connectivity index (χ1) is 17.4. The van der Waals surface area contributed by atoms with Crippen LogP contribution in [0.15, 0.2) is 47.8 Å². The first-order valence-electron chi connectivity index (χ1n) is 12.2. The zero-order valence-corrected chi connectivity index (χ0v) is 22.1. The molecule has 5 rings (SSSR count). The summed E-state index contributed by atoms with van der Waals surface area (Å²) < 4.78 is 31.0. The number of ether oxygens (including phenoxy) is 1. The molecule has 11 heteroatoms. The number of rotatable bonds is 9. The molecule has 1 fully saturated rings. The van der Waals surface area contributed by atoms with Gasteiger partial charge < -0.3 is 9.64 Å². The number of benzene rings is 1. The van der Waals surface area contributed by atoms with Gasteiger partial charge >= 0.3 is 0 Å². The van der Waals surface area contributed by atoms with E-state index >= 15 is 0 Å². The zero-order valence-electron chi connectivity index (χ0n) is 20.5. The van der Waals surface area contributed by atoms with Gasteiger partial charge in [-0.3, -0.25) is 0 Å². The van der Waals surface area contributed by atoms with Crippen molar-refractivity contribution in [2.24, 2.45) is 5.92 Å². The van der Waals surface area contributed by atoms with Crippen molar-refractivity contribution in [2.45, 2.75) is 43.9 Å². The molecule has 0 unspecified atom stereocenters. The Morgan fingerprint density at radius 2 is 1.83 bits per heavy atom. The SMILES string of the molecule is CCCc1cnc(N2CCC(CCOc3nn4cc(-c5ccc(S(C)(=O)=O)cc5)nc4s3)CC2)nc1. The Morgan fingerprint density at radius 3 is 2.47 bits per heavy atom. The molecule has 0 amide bonds. The van der Waals surface area contributed by atoms with E-state index in [2.05, 4.69) is 31.9 Å². The van der Waals surface area contributed by atoms with Gasteiger partial charge in [0.1, 0.15) is 0 Å². The van der Waals surface area contributed by atoms with Gasteiger partial charge in [-0.25, -0.2) is 27.9 Å². The van der Waals surface area contributed by atoms with Crippen LogP contribution in [0.5, 0.6) is 5.19 Å². The molecule has 0 N–H and O–H groups in total. The Hall–Kier alpha value is -3.05. The summed E-state index contributed by atoms with van der Waals surface area (Å²) in [6.45, 7) is 4.73. The molecular formula is C25H30N6O3S2. The van der Waals surface area contributed by atoms with Gasteiger partial charge in [0.2, 0.25) is 10.9 Å². The molecule has 0 spiro atoms. The molecule has 4 aromatic rings. The number of hydrogen-bond donors (Lipinski definition) is 0. The highest BCUT2D eigenvalue weighted by Crippen LogP contribution is 2.28. The van der Waals surface area contributed by atoms with E-state index in [-0.39, 0.29) is 0 Å². The monoisotopic (exact) mass is 526 g/mol. The second kappa shape index (κ2) is 10.5. The summed E-state index contributed by atoms with van der Waals surface area (Å²) in [5.74, 6) is 1.45. The summed E-state index contributed by atoms with van der Waals surface area (Å²) in [5.41, 5.74) is 2.79. The van der Waals surface area contributed by atoms with Crippen LogP contribution in [-0.2, 0) is 16.3 Å². The highest BCUT2D eigenvalue weighted by molar-refractivity contribution is 7.90. The van der Waals surface area contributed by atoms with Crippen molar-refractivity contribution in [1.29, 1.82) is 0 Å². The molecule has 1 aliphatic rings. The van der Waals surface area contributed by atoms with Crippen molar-refractivity contribution in [2.75, 3.05) is 30.9 Å². The molecule has 1 saturated heterocycles. The predicted octanol–water partition coefficient (Wildman–Crippen LogP) is 4.29. The van der Waals surface area contributed by atoms with Crippen molar-refractivity contribution in [3.63, 3.8) is 0 Å². The van der Waals surface area contributed by atoms with Gasteiger partial charge in [0.15, 0.2) is 9.84 Å². The number of hydrogen-bond acceptors (Lipinski definition) is 9. The minimum Gasteiger partial charge on any atom is -0.469 e. The fourth-order valence-corrected chi connectivity index (χ4v) is 5.80. The summed E-state index contributed by atoms with van der Waals surface area (Å²) in [6, 6.07) is 6.72. The second-order valence-corrected chi connectivity index (χ2v) is 12.2. The maximum absolute atomic E-state index is 11.7. The van der Waals surface area contributed by atoms with Crippen molar-refractivity contribution in [1.82, 2.24) is 24.6 Å². The first-order valence-corrected chi connectivity index (χ1v) is 14.9. The number of imidazole rings is 1. The second-order valence-electron chi connectivity index (χ2n) is 9.23. The smallest absolute Gasteiger partial charge is 0.294 e. The fourth-order valence-electron chi connectivity index (χ4n) is 4.42. The van der Waals surface area contributed by atoms with Crippen molar-refractivity contribution in [3.05, 3.63) is 48.4 Å². The number of aryl methyl sites for hydroxylation is 1. The molecule has 4 heterocycles. The van der Waals surface area contributed by atoms with Crippen molar-refractivity contribution in [3.8, 4) is 16.5 Å². The van der Waals surface area contributed by atoms with Crippen LogP contribution in [0.4, 0.5) is 5.95 Å². The standard InChI is InChI=1S/C25H30N6O3S2/c1-3-4-19-15-26-23(27-16-19)30-12-9-18(10-13-30)11-14-34-25-29-31-17-22(28-24(31)35-25)20-5-7-21(8-6-20)36(2,32)33/h5-8,15-18H,3-4,9-14H2,1-2H3. The molecule has 36 heavy (non-hydrogen) atoms. The van der Waals surface area contributed by atoms with Gasteiger partial charge in [-0.1, -0.05) is 25.5 Å². The number of aromatic nitrogens is 5. The van der Waals surface area contributed by atoms with Crippen LogP contribution in [0, 0.1) is 5.92 Å². The molecule has 0 atom stereocenters. The highest BCUT2D eigenvalue weighted by Gasteiger charge is 2.21. The quantitative estimate of drug-likeness (QED) is 0.318. The minimum atomic E-state index is -3.22. The van der Waals surface area contributed by atoms with Crippen LogP contribution in [0.1, 0.15) is 38.2 Å². The van der Waals surface area contributed by atoms with E-state index in [0.717, 1.165) is 67.4 Å². The van der Waals surface area contributed by atoms with E-state index in [1.54, 1.807) is 28.8 Å². The predicted molar refractivity (Wildman–Crippen MR) is 140 cm³/mol. The Kier molecular flexibility index (Phi) is 7.20. The van der Waals surface area contributed by atoms with Crippen LogP contribution in [0.2, 0.25) is 0 Å². The van der Waals surface area contributed by atoms with Crippen LogP contribution < -0.4 is 9.64 Å². The Balaban J connectivity index is 1.10. The van der Waals surface area contributed by atoms with Gasteiger partial charge in [-0.2, -0.15) is 0 Å². The number of sulfone groups is 1. The summed E-state index contributed by atoms with van der Waals surface area (Å²) >= 11 is 1.41. The van der Waals surface area contributed by atoms with Crippen LogP contribution >= 0.6 is 11.3 Å². The average molecular weight is 527 g/mol. The Bertz CT molecular complexity index is 1380. The largest absolute Gasteiger partial charge is 0.469 e. The Labute approximate surface area is 215 Å². The number of piperidine rings is 1. The lowest BCUT2D eigenvalue weighted by Gasteiger charge is -2.31. The molecule has 1 aromatic carbocycles. The van der Waals surface area contributed by atoms with E-state index in [1.165, 1.54) is 23.2 Å². The number of nitrogens with zero attached hydrogens (tertiary/aromatic N) is 6. The maximum Gasteiger partial charge on any atom is 0.294 e. The molecule has 9 nitrogen and oxygen atoms in total. The van der Waals surface area contributed by atoms with E-state index in [4.69, 9.17) is 4.74 Å². The third kappa shape index (κ3) is 5.67. The highest BCUT2D eigenvalue weighted by atomic mass is 32.2. The number of fused-ring (bicyclic) bond motifs is 1. The van der Waals surface area contributed by atoms with E-state index in [1.807, 2.05) is 18.6 Å². The topological polar surface area (TPSA) is 103 Å². The summed E-state index contributed by atoms with van der Waals surface area (Å²) in [5, 5.41) is 5.11. The van der Waals surface area contributed by atoms with E-state index in [9.17, 15) is 8.42 Å². The lowest BCUT2D eigenvalue weighted by molar-refractivity contribution is 0.255. The van der Waals surface area contributed by atoms with Gasteiger partial charge in [0.25, 0.3) is 5.19 Å². The normalized spacial score (nSPS) is 15.0. The van der Waals surface area contributed by atoms with E-state index < -0.39 is 9.84 Å². The molecule has 0 aliphatic carbocycles. The molecule has 190 valence electrons. The van der Waals surface area contributed by atoms with Gasteiger partial charge in [-0.05, 0) is 60.6 Å². The minimum absolute atomic E-state index is 0.293. The average Bonchev–Trinajstić information content (AvgIpc) is 3.44. The summed E-state index contributed by atoms with van der Waals surface area (Å²) in [7, 11) is -3.22. The lowest BCUT2D eigenvalue weighted by atomic mass is 9.94. The zero-order chi connectivity index (χ0) is 25.1. The van der Waals surface area contributed by atoms with Gasteiger partial charge in [-0.15, -0.1) is 5.10 Å². The third-order valence-electron chi connectivity index (χ3n) is 6.48. The summed E-state index contributed by atoms with van der Waals surface area (Å²) in [4.78, 5) is 17.0. The van der Waals surface area contributed by atoms with Crippen molar-refractivity contribution < 1.29 is 13.2 Å². The molecule has 0 radical (unpaired) electrons. The maximum atomic E-state index is 11.7.